The van der Waals surface area contributed by atoms with Crippen molar-refractivity contribution in [3.05, 3.63) is 70.9 Å². The summed E-state index contributed by atoms with van der Waals surface area (Å²) < 4.78 is 11.7. The molecule has 0 aliphatic heterocycles. The minimum Gasteiger partial charge on any atom is -0.505 e. The van der Waals surface area contributed by atoms with E-state index in [0.29, 0.717) is 17.1 Å². The summed E-state index contributed by atoms with van der Waals surface area (Å²) in [5, 5.41) is 25.3. The fourth-order valence-electron chi connectivity index (χ4n) is 3.72. The number of hydrogen-bond donors (Lipinski definition) is 3. The predicted octanol–water partition coefficient (Wildman–Crippen LogP) is 3.97. The summed E-state index contributed by atoms with van der Waals surface area (Å²) in [5.74, 6) is -0.539. The van der Waals surface area contributed by atoms with Crippen molar-refractivity contribution in [1.82, 2.24) is 10.3 Å². The fraction of sp³-hybridized carbons (Fsp3) is 0.192. The van der Waals surface area contributed by atoms with Crippen molar-refractivity contribution in [3.8, 4) is 28.4 Å². The number of hydrogen-bond acceptors (Lipinski definition) is 8. The van der Waals surface area contributed by atoms with Crippen molar-refractivity contribution in [2.45, 2.75) is 6.92 Å². The van der Waals surface area contributed by atoms with Gasteiger partial charge in [-0.25, -0.2) is 4.98 Å². The number of ketones is 1. The Morgan fingerprint density at radius 3 is 2.71 bits per heavy atom. The van der Waals surface area contributed by atoms with Crippen LogP contribution in [0.2, 0.25) is 0 Å². The Hall–Kier alpha value is -3.95. The summed E-state index contributed by atoms with van der Waals surface area (Å²) >= 11 is 1.57. The largest absolute Gasteiger partial charge is 0.505 e. The molecule has 0 saturated carbocycles. The van der Waals surface area contributed by atoms with E-state index < -0.39 is 11.7 Å². The van der Waals surface area contributed by atoms with Crippen LogP contribution < -0.4 is 14.8 Å². The molecular formula is C26H24N2O6S. The lowest BCUT2D eigenvalue weighted by Gasteiger charge is -2.12. The predicted molar refractivity (Wildman–Crippen MR) is 134 cm³/mol. The third kappa shape index (κ3) is 4.96. The highest BCUT2D eigenvalue weighted by Gasteiger charge is 2.20. The van der Waals surface area contributed by atoms with Gasteiger partial charge in [-0.1, -0.05) is 18.2 Å². The van der Waals surface area contributed by atoms with Crippen LogP contribution in [0.3, 0.4) is 0 Å². The average molecular weight is 493 g/mol. The molecule has 0 spiro atoms. The summed E-state index contributed by atoms with van der Waals surface area (Å²) in [7, 11) is 1.44. The zero-order valence-electron chi connectivity index (χ0n) is 19.2. The number of aliphatic hydroxyl groups excluding tert-OH is 1. The summed E-state index contributed by atoms with van der Waals surface area (Å²) in [6.45, 7) is 1.61. The number of rotatable bonds is 9. The molecule has 0 aliphatic rings. The van der Waals surface area contributed by atoms with Gasteiger partial charge in [0.25, 0.3) is 5.91 Å². The highest BCUT2D eigenvalue weighted by atomic mass is 32.1. The molecule has 3 N–H and O–H groups in total. The number of nitrogens with one attached hydrogen (secondary N) is 1. The molecule has 0 unspecified atom stereocenters. The van der Waals surface area contributed by atoms with E-state index >= 15 is 0 Å². The molecule has 0 saturated heterocycles. The minimum absolute atomic E-state index is 0.0900. The number of aromatic nitrogens is 1. The molecular weight excluding hydrogens is 468 g/mol. The van der Waals surface area contributed by atoms with Gasteiger partial charge in [0.2, 0.25) is 5.78 Å². The van der Waals surface area contributed by atoms with Crippen molar-refractivity contribution in [3.63, 3.8) is 0 Å². The standard InChI is InChI=1S/C26H24N2O6S/c1-15-4-3-5-18-19(14-35-25(15)18)17-8-9-27-23(24(17)31)20(30)13-28-26(32)16-6-7-21(34-11-10-29)22(12-16)33-2/h3-9,12,14,29,31H,10-11,13H2,1-2H3,(H,28,32). The third-order valence-electron chi connectivity index (χ3n) is 5.46. The molecule has 0 radical (unpaired) electrons. The van der Waals surface area contributed by atoms with Crippen molar-refractivity contribution in [2.24, 2.45) is 0 Å². The van der Waals surface area contributed by atoms with Crippen molar-refractivity contribution >= 4 is 33.1 Å². The Kier molecular flexibility index (Phi) is 7.28. The number of Topliss-reactive ketones (excluding diaryl/α,β-unsaturated/α-hetero) is 1. The lowest BCUT2D eigenvalue weighted by molar-refractivity contribution is 0.0900. The summed E-state index contributed by atoms with van der Waals surface area (Å²) in [6.07, 6.45) is 1.47. The molecule has 2 aromatic heterocycles. The van der Waals surface area contributed by atoms with Crippen LogP contribution in [0.1, 0.15) is 26.4 Å². The van der Waals surface area contributed by atoms with Gasteiger partial charge in [0.15, 0.2) is 22.9 Å². The van der Waals surface area contributed by atoms with Gasteiger partial charge in [0.05, 0.1) is 20.3 Å². The highest BCUT2D eigenvalue weighted by Crippen LogP contribution is 2.40. The number of aromatic hydroxyl groups is 1. The number of aliphatic hydroxyl groups is 1. The second-order valence-corrected chi connectivity index (χ2v) is 8.58. The van der Waals surface area contributed by atoms with Crippen molar-refractivity contribution in [1.29, 1.82) is 0 Å². The lowest BCUT2D eigenvalue weighted by atomic mass is 10.0. The second kappa shape index (κ2) is 10.5. The molecule has 0 atom stereocenters. The Bertz CT molecular complexity index is 1400. The second-order valence-electron chi connectivity index (χ2n) is 7.70. The molecule has 0 aliphatic carbocycles. The molecule has 1 amide bonds. The highest BCUT2D eigenvalue weighted by molar-refractivity contribution is 7.18. The molecule has 0 fully saturated rings. The maximum Gasteiger partial charge on any atom is 0.251 e. The van der Waals surface area contributed by atoms with E-state index in [-0.39, 0.29) is 36.8 Å². The number of thiophene rings is 1. The smallest absolute Gasteiger partial charge is 0.251 e. The molecule has 8 nitrogen and oxygen atoms in total. The lowest BCUT2D eigenvalue weighted by Crippen LogP contribution is -2.30. The first-order valence-corrected chi connectivity index (χ1v) is 11.7. The molecule has 35 heavy (non-hydrogen) atoms. The van der Waals surface area contributed by atoms with E-state index in [0.717, 1.165) is 21.2 Å². The maximum absolute atomic E-state index is 12.8. The number of carbonyl (C=O) groups is 2. The summed E-state index contributed by atoms with van der Waals surface area (Å²) in [5.41, 5.74) is 2.62. The Balaban J connectivity index is 1.51. The van der Waals surface area contributed by atoms with E-state index in [1.165, 1.54) is 25.4 Å². The number of pyridine rings is 1. The normalized spacial score (nSPS) is 10.8. The first kappa shape index (κ1) is 24.2. The third-order valence-corrected chi connectivity index (χ3v) is 6.59. The average Bonchev–Trinajstić information content (AvgIpc) is 3.31. The topological polar surface area (TPSA) is 118 Å². The van der Waals surface area contributed by atoms with Gasteiger partial charge in [0, 0.05) is 33.0 Å². The zero-order valence-corrected chi connectivity index (χ0v) is 20.0. The van der Waals surface area contributed by atoms with E-state index in [1.807, 2.05) is 30.5 Å². The number of nitrogens with zero attached hydrogens (tertiary/aromatic N) is 1. The minimum atomic E-state index is -0.525. The van der Waals surface area contributed by atoms with Crippen molar-refractivity contribution < 1.29 is 29.3 Å². The Labute approximate surface area is 205 Å². The van der Waals surface area contributed by atoms with E-state index in [1.54, 1.807) is 23.5 Å². The number of aryl methyl sites for hydroxylation is 1. The Morgan fingerprint density at radius 2 is 1.94 bits per heavy atom. The van der Waals surface area contributed by atoms with Gasteiger partial charge in [-0.3, -0.25) is 9.59 Å². The molecule has 180 valence electrons. The summed E-state index contributed by atoms with van der Waals surface area (Å²) in [4.78, 5) is 29.5. The van der Waals surface area contributed by atoms with Crippen LogP contribution in [0.15, 0.2) is 54.0 Å². The Morgan fingerprint density at radius 1 is 1.11 bits per heavy atom. The SMILES string of the molecule is COc1cc(C(=O)NCC(=O)c2nccc(-c3csc4c(C)cccc34)c2O)ccc1OCCO. The van der Waals surface area contributed by atoms with Gasteiger partial charge in [-0.15, -0.1) is 11.3 Å². The van der Waals surface area contributed by atoms with Crippen LogP contribution in [0.5, 0.6) is 17.2 Å². The van der Waals surface area contributed by atoms with Crippen LogP contribution in [0.25, 0.3) is 21.2 Å². The van der Waals surface area contributed by atoms with Gasteiger partial charge < -0.3 is 25.0 Å². The molecule has 4 rings (SSSR count). The van der Waals surface area contributed by atoms with Crippen LogP contribution in [0, 0.1) is 6.92 Å². The molecule has 2 aromatic carbocycles. The number of ether oxygens (including phenoxy) is 2. The van der Waals surface area contributed by atoms with E-state index in [2.05, 4.69) is 10.3 Å². The van der Waals surface area contributed by atoms with Crippen LogP contribution >= 0.6 is 11.3 Å². The van der Waals surface area contributed by atoms with Gasteiger partial charge in [0.1, 0.15) is 6.61 Å². The first-order chi connectivity index (χ1) is 16.9. The van der Waals surface area contributed by atoms with Crippen LogP contribution in [0.4, 0.5) is 0 Å². The van der Waals surface area contributed by atoms with Gasteiger partial charge in [-0.05, 0) is 42.1 Å². The molecule has 2 heterocycles. The van der Waals surface area contributed by atoms with Crippen LogP contribution in [-0.2, 0) is 0 Å². The monoisotopic (exact) mass is 492 g/mol. The van der Waals surface area contributed by atoms with E-state index in [4.69, 9.17) is 14.6 Å². The van der Waals surface area contributed by atoms with Gasteiger partial charge in [-0.2, -0.15) is 0 Å². The fourth-order valence-corrected chi connectivity index (χ4v) is 4.76. The molecule has 9 heteroatoms. The number of benzene rings is 2. The molecule has 0 bridgehead atoms. The first-order valence-electron chi connectivity index (χ1n) is 10.8. The van der Waals surface area contributed by atoms with E-state index in [9.17, 15) is 14.7 Å². The number of amides is 1. The summed E-state index contributed by atoms with van der Waals surface area (Å²) in [6, 6.07) is 12.2. The number of fused-ring (bicyclic) bond motifs is 1. The quantitative estimate of drug-likeness (QED) is 0.303. The molecule has 4 aromatic rings. The maximum atomic E-state index is 12.8. The number of methoxy groups -OCH3 is 1. The van der Waals surface area contributed by atoms with Gasteiger partial charge >= 0.3 is 0 Å². The number of carbonyl (C=O) groups excluding carboxylic acids is 2. The van der Waals surface area contributed by atoms with Crippen LogP contribution in [-0.4, -0.2) is 53.8 Å². The zero-order chi connectivity index (χ0) is 24.9. The van der Waals surface area contributed by atoms with Crippen molar-refractivity contribution in [2.75, 3.05) is 26.9 Å².